The summed E-state index contributed by atoms with van der Waals surface area (Å²) >= 11 is 1.45. The Bertz CT molecular complexity index is 1310. The maximum Gasteiger partial charge on any atom is 0.262 e. The van der Waals surface area contributed by atoms with Gasteiger partial charge in [0.05, 0.1) is 18.0 Å². The van der Waals surface area contributed by atoms with Gasteiger partial charge in [0.1, 0.15) is 10.7 Å². The van der Waals surface area contributed by atoms with Crippen molar-refractivity contribution in [3.05, 3.63) is 98.9 Å². The summed E-state index contributed by atoms with van der Waals surface area (Å²) in [4.78, 5) is 34.7. The van der Waals surface area contributed by atoms with Crippen LogP contribution in [0.1, 0.15) is 53.1 Å². The van der Waals surface area contributed by atoms with Gasteiger partial charge in [0.25, 0.3) is 11.5 Å². The summed E-state index contributed by atoms with van der Waals surface area (Å²) in [6.07, 6.45) is 1.29. The first-order chi connectivity index (χ1) is 16.5. The molecule has 0 radical (unpaired) electrons. The molecule has 4 aromatic rings. The third-order valence-electron chi connectivity index (χ3n) is 6.02. The van der Waals surface area contributed by atoms with Crippen LogP contribution >= 0.6 is 11.3 Å². The van der Waals surface area contributed by atoms with Crippen LogP contribution in [0.4, 0.5) is 0 Å². The molecule has 1 amide bonds. The van der Waals surface area contributed by atoms with E-state index in [1.807, 2.05) is 84.8 Å². The van der Waals surface area contributed by atoms with Crippen LogP contribution in [0.5, 0.6) is 0 Å². The number of benzene rings is 2. The van der Waals surface area contributed by atoms with Crippen LogP contribution in [0, 0.1) is 6.92 Å². The molecule has 6 nitrogen and oxygen atoms in total. The number of amides is 1. The lowest BCUT2D eigenvalue weighted by Gasteiger charge is -2.32. The number of aryl methyl sites for hydroxylation is 1. The summed E-state index contributed by atoms with van der Waals surface area (Å²) in [7, 11) is 0. The van der Waals surface area contributed by atoms with Gasteiger partial charge in [-0.15, -0.1) is 11.3 Å². The van der Waals surface area contributed by atoms with Gasteiger partial charge < -0.3 is 10.6 Å². The first-order valence-corrected chi connectivity index (χ1v) is 12.5. The predicted octanol–water partition coefficient (Wildman–Crippen LogP) is 4.76. The number of aromatic nitrogens is 2. The van der Waals surface area contributed by atoms with Crippen molar-refractivity contribution < 1.29 is 4.79 Å². The molecular formula is C27H30N4O2S. The summed E-state index contributed by atoms with van der Waals surface area (Å²) < 4.78 is 1.73. The Labute approximate surface area is 203 Å². The van der Waals surface area contributed by atoms with E-state index in [1.165, 1.54) is 11.3 Å². The van der Waals surface area contributed by atoms with Crippen LogP contribution in [0.25, 0.3) is 10.2 Å². The Morgan fingerprint density at radius 2 is 1.85 bits per heavy atom. The minimum Gasteiger partial charge on any atom is -0.330 e. The molecule has 176 valence electrons. The van der Waals surface area contributed by atoms with Crippen molar-refractivity contribution in [1.82, 2.24) is 14.5 Å². The largest absolute Gasteiger partial charge is 0.330 e. The SMILES string of the molecule is CC[C@@H](c1nc2sccc2c(=O)n1Cc1ccccc1)N(CCCN)C(=O)c1ccc(C)cc1. The van der Waals surface area contributed by atoms with E-state index in [2.05, 4.69) is 0 Å². The maximum absolute atomic E-state index is 13.7. The number of hydrogen-bond donors (Lipinski definition) is 1. The van der Waals surface area contributed by atoms with Crippen LogP contribution in [-0.4, -0.2) is 33.4 Å². The third kappa shape index (κ3) is 4.95. The van der Waals surface area contributed by atoms with Gasteiger partial charge in [-0.2, -0.15) is 0 Å². The molecule has 0 aliphatic carbocycles. The van der Waals surface area contributed by atoms with Crippen molar-refractivity contribution in [3.63, 3.8) is 0 Å². The molecular weight excluding hydrogens is 444 g/mol. The maximum atomic E-state index is 13.7. The highest BCUT2D eigenvalue weighted by atomic mass is 32.1. The molecule has 0 saturated heterocycles. The van der Waals surface area contributed by atoms with Gasteiger partial charge in [0, 0.05) is 12.1 Å². The van der Waals surface area contributed by atoms with Crippen LogP contribution in [0.15, 0.2) is 70.8 Å². The quantitative estimate of drug-likeness (QED) is 0.379. The van der Waals surface area contributed by atoms with Crippen LogP contribution in [0.3, 0.4) is 0 Å². The highest BCUT2D eigenvalue weighted by molar-refractivity contribution is 7.16. The standard InChI is InChI=1S/C27H30N4O2S/c1-3-23(30(16-7-15-28)26(32)21-12-10-19(2)11-13-21)24-29-25-22(14-17-34-25)27(33)31(24)18-20-8-5-4-6-9-20/h4-6,8-14,17,23H,3,7,15-16,18,28H2,1-2H3/t23-/m0/s1. The molecule has 0 aliphatic rings. The molecule has 0 saturated carbocycles. The molecule has 2 heterocycles. The lowest BCUT2D eigenvalue weighted by atomic mass is 10.1. The topological polar surface area (TPSA) is 81.2 Å². The first-order valence-electron chi connectivity index (χ1n) is 11.6. The molecule has 2 N–H and O–H groups in total. The van der Waals surface area contributed by atoms with Crippen molar-refractivity contribution in [2.45, 2.75) is 39.3 Å². The smallest absolute Gasteiger partial charge is 0.262 e. The normalized spacial score (nSPS) is 12.1. The Morgan fingerprint density at radius 3 is 2.53 bits per heavy atom. The van der Waals surface area contributed by atoms with Crippen molar-refractivity contribution in [1.29, 1.82) is 0 Å². The number of fused-ring (bicyclic) bond motifs is 1. The Hall–Kier alpha value is -3.29. The summed E-state index contributed by atoms with van der Waals surface area (Å²) in [6, 6.07) is 18.9. The van der Waals surface area contributed by atoms with Gasteiger partial charge in [-0.05, 0) is 55.5 Å². The number of hydrogen-bond acceptors (Lipinski definition) is 5. The van der Waals surface area contributed by atoms with Gasteiger partial charge in [0.15, 0.2) is 0 Å². The van der Waals surface area contributed by atoms with Gasteiger partial charge in [0.2, 0.25) is 0 Å². The molecule has 2 aromatic heterocycles. The van der Waals surface area contributed by atoms with Gasteiger partial charge in [-0.3, -0.25) is 14.2 Å². The van der Waals surface area contributed by atoms with Crippen LogP contribution in [-0.2, 0) is 6.54 Å². The third-order valence-corrected chi connectivity index (χ3v) is 6.83. The van der Waals surface area contributed by atoms with E-state index in [-0.39, 0.29) is 17.5 Å². The molecule has 7 heteroatoms. The minimum absolute atomic E-state index is 0.0768. The lowest BCUT2D eigenvalue weighted by molar-refractivity contribution is 0.0656. The molecule has 2 aromatic carbocycles. The zero-order valence-corrected chi connectivity index (χ0v) is 20.4. The lowest BCUT2D eigenvalue weighted by Crippen LogP contribution is -2.40. The fraction of sp³-hybridized carbons (Fsp3) is 0.296. The Morgan fingerprint density at radius 1 is 1.12 bits per heavy atom. The van der Waals surface area contributed by atoms with E-state index in [0.29, 0.717) is 54.1 Å². The number of nitrogens with two attached hydrogens (primary N) is 1. The predicted molar refractivity (Wildman–Crippen MR) is 138 cm³/mol. The number of thiophene rings is 1. The van der Waals surface area contributed by atoms with E-state index in [1.54, 1.807) is 4.57 Å². The van der Waals surface area contributed by atoms with E-state index in [4.69, 9.17) is 10.7 Å². The van der Waals surface area contributed by atoms with E-state index in [9.17, 15) is 9.59 Å². The molecule has 0 bridgehead atoms. The number of nitrogens with zero attached hydrogens (tertiary/aromatic N) is 3. The first kappa shape index (κ1) is 23.9. The van der Waals surface area contributed by atoms with Crippen molar-refractivity contribution in [2.24, 2.45) is 5.73 Å². The second-order valence-corrected chi connectivity index (χ2v) is 9.31. The number of carbonyl (C=O) groups is 1. The second kappa shape index (κ2) is 10.8. The zero-order valence-electron chi connectivity index (χ0n) is 19.6. The van der Waals surface area contributed by atoms with E-state index in [0.717, 1.165) is 11.1 Å². The molecule has 0 aliphatic heterocycles. The molecule has 1 atom stereocenters. The van der Waals surface area contributed by atoms with Crippen LogP contribution in [0.2, 0.25) is 0 Å². The van der Waals surface area contributed by atoms with Gasteiger partial charge in [-0.25, -0.2) is 4.98 Å². The molecule has 0 unspecified atom stereocenters. The van der Waals surface area contributed by atoms with Gasteiger partial charge >= 0.3 is 0 Å². The van der Waals surface area contributed by atoms with E-state index >= 15 is 0 Å². The highest BCUT2D eigenvalue weighted by Gasteiger charge is 2.29. The highest BCUT2D eigenvalue weighted by Crippen LogP contribution is 2.27. The summed E-state index contributed by atoms with van der Waals surface area (Å²) in [5.74, 6) is 0.538. The fourth-order valence-electron chi connectivity index (χ4n) is 4.20. The monoisotopic (exact) mass is 474 g/mol. The molecule has 0 fully saturated rings. The Kier molecular flexibility index (Phi) is 7.55. The van der Waals surface area contributed by atoms with Crippen LogP contribution < -0.4 is 11.3 Å². The van der Waals surface area contributed by atoms with Gasteiger partial charge in [-0.1, -0.05) is 55.0 Å². The van der Waals surface area contributed by atoms with Crippen molar-refractivity contribution in [3.8, 4) is 0 Å². The summed E-state index contributed by atoms with van der Waals surface area (Å²) in [5, 5.41) is 2.50. The average Bonchev–Trinajstić information content (AvgIpc) is 3.33. The second-order valence-electron chi connectivity index (χ2n) is 8.42. The molecule has 34 heavy (non-hydrogen) atoms. The summed E-state index contributed by atoms with van der Waals surface area (Å²) in [5.41, 5.74) is 8.47. The molecule has 0 spiro atoms. The summed E-state index contributed by atoms with van der Waals surface area (Å²) in [6.45, 7) is 5.39. The van der Waals surface area contributed by atoms with Crippen molar-refractivity contribution in [2.75, 3.05) is 13.1 Å². The number of rotatable bonds is 9. The average molecular weight is 475 g/mol. The zero-order chi connectivity index (χ0) is 24.1. The Balaban J connectivity index is 1.84. The van der Waals surface area contributed by atoms with E-state index < -0.39 is 0 Å². The molecule has 4 rings (SSSR count). The fourth-order valence-corrected chi connectivity index (χ4v) is 4.96. The minimum atomic E-state index is -0.358. The number of carbonyl (C=O) groups excluding carboxylic acids is 1. The van der Waals surface area contributed by atoms with Crippen molar-refractivity contribution >= 4 is 27.5 Å².